The first-order valence-corrected chi connectivity index (χ1v) is 9.61. The maximum Gasteiger partial charge on any atom is 0.178 e. The predicted octanol–water partition coefficient (Wildman–Crippen LogP) is 5.39. The number of hydrogen-bond donors (Lipinski definition) is 3. The van der Waals surface area contributed by atoms with Gasteiger partial charge in [0.25, 0.3) is 0 Å². The summed E-state index contributed by atoms with van der Waals surface area (Å²) < 4.78 is 0. The zero-order valence-electron chi connectivity index (χ0n) is 14.7. The number of hydrogen-bond acceptors (Lipinski definition) is 3. The number of aromatic hydroxyl groups is 2. The third-order valence-corrected chi connectivity index (χ3v) is 6.13. The summed E-state index contributed by atoms with van der Waals surface area (Å²) in [4.78, 5) is 5.47. The third-order valence-electron chi connectivity index (χ3n) is 5.32. The molecule has 3 aromatic rings. The number of H-pyrrole nitrogens is 1. The average molecular weight is 403 g/mol. The van der Waals surface area contributed by atoms with Crippen LogP contribution < -0.4 is 0 Å². The predicted molar refractivity (Wildman–Crippen MR) is 110 cm³/mol. The van der Waals surface area contributed by atoms with E-state index in [9.17, 15) is 10.2 Å². The lowest BCUT2D eigenvalue weighted by Crippen LogP contribution is -2.30. The Labute approximate surface area is 167 Å². The number of phenolic OH excluding ortho intramolecular Hbond substituents is 2. The van der Waals surface area contributed by atoms with Gasteiger partial charge in [-0.2, -0.15) is 0 Å². The molecule has 1 aliphatic heterocycles. The van der Waals surface area contributed by atoms with Crippen molar-refractivity contribution in [2.45, 2.75) is 25.8 Å². The van der Waals surface area contributed by atoms with E-state index < -0.39 is 0 Å². The smallest absolute Gasteiger partial charge is 0.178 e. The molecule has 0 unspecified atom stereocenters. The monoisotopic (exact) mass is 402 g/mol. The Hall–Kier alpha value is -2.30. The SMILES string of the molecule is C=C(CCc1c[nH]c2ccccc12)N1CCc2c(Cl)c(O)c(O)c(Cl)c2C1. The average Bonchev–Trinajstić information content (AvgIpc) is 3.11. The van der Waals surface area contributed by atoms with E-state index in [0.717, 1.165) is 41.7 Å². The lowest BCUT2D eigenvalue weighted by atomic mass is 9.97. The van der Waals surface area contributed by atoms with Crippen molar-refractivity contribution in [2.75, 3.05) is 6.54 Å². The zero-order valence-corrected chi connectivity index (χ0v) is 16.2. The minimum Gasteiger partial charge on any atom is -0.503 e. The van der Waals surface area contributed by atoms with Gasteiger partial charge in [0.1, 0.15) is 0 Å². The first kappa shape index (κ1) is 18.1. The Morgan fingerprint density at radius 1 is 1.11 bits per heavy atom. The van der Waals surface area contributed by atoms with Crippen LogP contribution in [0.3, 0.4) is 0 Å². The molecule has 140 valence electrons. The maximum absolute atomic E-state index is 9.99. The second-order valence-corrected chi connectivity index (χ2v) is 7.64. The topological polar surface area (TPSA) is 59.5 Å². The fraction of sp³-hybridized carbons (Fsp3) is 0.238. The molecular weight excluding hydrogens is 383 g/mol. The summed E-state index contributed by atoms with van der Waals surface area (Å²) in [6.07, 6.45) is 4.42. The molecule has 0 fully saturated rings. The lowest BCUT2D eigenvalue weighted by Gasteiger charge is -2.33. The van der Waals surface area contributed by atoms with Gasteiger partial charge in [0.15, 0.2) is 11.5 Å². The summed E-state index contributed by atoms with van der Waals surface area (Å²) in [6, 6.07) is 8.26. The number of para-hydroxylation sites is 1. The van der Waals surface area contributed by atoms with Gasteiger partial charge in [-0.05, 0) is 42.0 Å². The molecule has 4 nitrogen and oxygen atoms in total. The molecule has 2 aromatic carbocycles. The van der Waals surface area contributed by atoms with Crippen molar-refractivity contribution in [3.8, 4) is 11.5 Å². The molecular formula is C21H20Cl2N2O2. The van der Waals surface area contributed by atoms with E-state index in [1.54, 1.807) is 0 Å². The standard InChI is InChI=1S/C21H20Cl2N2O2/c1-12(6-7-13-10-24-17-5-3-2-4-14(13)17)25-9-8-15-16(11-25)19(23)21(27)20(26)18(15)22/h2-5,10,24,26-27H,1,6-9,11H2. The van der Waals surface area contributed by atoms with Gasteiger partial charge < -0.3 is 20.1 Å². The molecule has 6 heteroatoms. The molecule has 3 N–H and O–H groups in total. The van der Waals surface area contributed by atoms with Crippen LogP contribution in [-0.2, 0) is 19.4 Å². The Bertz CT molecular complexity index is 1040. The van der Waals surface area contributed by atoms with Gasteiger partial charge in [-0.25, -0.2) is 0 Å². The molecule has 2 heterocycles. The highest BCUT2D eigenvalue weighted by Crippen LogP contribution is 2.46. The largest absolute Gasteiger partial charge is 0.503 e. The molecule has 0 amide bonds. The summed E-state index contributed by atoms with van der Waals surface area (Å²) in [7, 11) is 0. The molecule has 0 saturated carbocycles. The Balaban J connectivity index is 1.50. The number of allylic oxidation sites excluding steroid dienone is 1. The van der Waals surface area contributed by atoms with Crippen LogP contribution in [0.1, 0.15) is 23.1 Å². The summed E-state index contributed by atoms with van der Waals surface area (Å²) in [6.45, 7) is 5.52. The molecule has 0 radical (unpaired) electrons. The molecule has 0 bridgehead atoms. The van der Waals surface area contributed by atoms with Gasteiger partial charge in [0, 0.05) is 35.9 Å². The van der Waals surface area contributed by atoms with Gasteiger partial charge in [0.2, 0.25) is 0 Å². The van der Waals surface area contributed by atoms with Crippen molar-refractivity contribution in [1.29, 1.82) is 0 Å². The van der Waals surface area contributed by atoms with Crippen molar-refractivity contribution >= 4 is 34.1 Å². The van der Waals surface area contributed by atoms with E-state index in [-0.39, 0.29) is 21.5 Å². The van der Waals surface area contributed by atoms with E-state index in [1.807, 2.05) is 12.1 Å². The summed E-state index contributed by atoms with van der Waals surface area (Å²) in [5.41, 5.74) is 4.99. The Morgan fingerprint density at radius 2 is 1.81 bits per heavy atom. The van der Waals surface area contributed by atoms with Gasteiger partial charge in [-0.15, -0.1) is 0 Å². The summed E-state index contributed by atoms with van der Waals surface area (Å²) in [5.74, 6) is -0.696. The van der Waals surface area contributed by atoms with Gasteiger partial charge in [-0.1, -0.05) is 48.0 Å². The molecule has 0 saturated heterocycles. The second-order valence-electron chi connectivity index (χ2n) is 6.88. The van der Waals surface area contributed by atoms with E-state index in [2.05, 4.69) is 34.8 Å². The molecule has 4 rings (SSSR count). The highest BCUT2D eigenvalue weighted by molar-refractivity contribution is 6.36. The minimum atomic E-state index is -0.355. The highest BCUT2D eigenvalue weighted by atomic mass is 35.5. The van der Waals surface area contributed by atoms with Crippen LogP contribution in [-0.4, -0.2) is 26.6 Å². The number of aromatic amines is 1. The zero-order chi connectivity index (χ0) is 19.1. The number of aromatic nitrogens is 1. The number of nitrogens with zero attached hydrogens (tertiary/aromatic N) is 1. The van der Waals surface area contributed by atoms with Crippen LogP contribution in [0, 0.1) is 0 Å². The first-order chi connectivity index (χ1) is 13.0. The van der Waals surface area contributed by atoms with Crippen molar-refractivity contribution in [3.63, 3.8) is 0 Å². The van der Waals surface area contributed by atoms with Crippen LogP contribution >= 0.6 is 23.2 Å². The van der Waals surface area contributed by atoms with Gasteiger partial charge >= 0.3 is 0 Å². The first-order valence-electron chi connectivity index (χ1n) is 8.85. The van der Waals surface area contributed by atoms with Crippen LogP contribution in [0.4, 0.5) is 0 Å². The number of phenols is 2. The van der Waals surface area contributed by atoms with Crippen molar-refractivity contribution < 1.29 is 10.2 Å². The van der Waals surface area contributed by atoms with E-state index in [1.165, 1.54) is 10.9 Å². The minimum absolute atomic E-state index is 0.168. The molecule has 0 atom stereocenters. The van der Waals surface area contributed by atoms with Crippen LogP contribution in [0.15, 0.2) is 42.7 Å². The van der Waals surface area contributed by atoms with Crippen molar-refractivity contribution in [2.24, 2.45) is 0 Å². The van der Waals surface area contributed by atoms with Crippen LogP contribution in [0.25, 0.3) is 10.9 Å². The highest BCUT2D eigenvalue weighted by Gasteiger charge is 2.27. The second kappa shape index (κ2) is 7.02. The summed E-state index contributed by atoms with van der Waals surface area (Å²) >= 11 is 12.4. The lowest BCUT2D eigenvalue weighted by molar-refractivity contribution is 0.310. The molecule has 1 aromatic heterocycles. The number of aryl methyl sites for hydroxylation is 1. The number of benzene rings is 2. The fourth-order valence-electron chi connectivity index (χ4n) is 3.75. The molecule has 0 spiro atoms. The number of nitrogens with one attached hydrogen (secondary N) is 1. The normalized spacial score (nSPS) is 13.8. The number of fused-ring (bicyclic) bond motifs is 2. The fourth-order valence-corrected chi connectivity index (χ4v) is 4.31. The quantitative estimate of drug-likeness (QED) is 0.512. The van der Waals surface area contributed by atoms with E-state index >= 15 is 0 Å². The van der Waals surface area contributed by atoms with Gasteiger partial charge in [-0.3, -0.25) is 0 Å². The maximum atomic E-state index is 9.99. The molecule has 0 aliphatic carbocycles. The van der Waals surface area contributed by atoms with E-state index in [4.69, 9.17) is 23.2 Å². The van der Waals surface area contributed by atoms with E-state index in [0.29, 0.717) is 13.0 Å². The van der Waals surface area contributed by atoms with Gasteiger partial charge in [0.05, 0.1) is 10.0 Å². The van der Waals surface area contributed by atoms with Crippen molar-refractivity contribution in [3.05, 3.63) is 69.5 Å². The Kier molecular flexibility index (Phi) is 4.70. The third kappa shape index (κ3) is 3.13. The Morgan fingerprint density at radius 3 is 2.59 bits per heavy atom. The molecule has 1 aliphatic rings. The number of rotatable bonds is 4. The number of halogens is 2. The van der Waals surface area contributed by atoms with Crippen LogP contribution in [0.2, 0.25) is 10.0 Å². The molecule has 27 heavy (non-hydrogen) atoms. The van der Waals surface area contributed by atoms with Crippen LogP contribution in [0.5, 0.6) is 11.5 Å². The summed E-state index contributed by atoms with van der Waals surface area (Å²) in [5, 5.41) is 21.5. The van der Waals surface area contributed by atoms with Crippen molar-refractivity contribution in [1.82, 2.24) is 9.88 Å².